The lowest BCUT2D eigenvalue weighted by Gasteiger charge is -2.06. The Kier molecular flexibility index (Phi) is 6.43. The molecule has 0 spiro atoms. The SMILES string of the molecule is CCOC(=O)c1ccc(NS(=O)(=O)c2nnc(NC(=O)c3ccccc3C)s2)cc1. The third-order valence-corrected chi connectivity index (χ3v) is 6.48. The van der Waals surface area contributed by atoms with Crippen molar-refractivity contribution >= 4 is 44.1 Å². The summed E-state index contributed by atoms with van der Waals surface area (Å²) in [6.07, 6.45) is 0. The number of hydrogen-bond acceptors (Lipinski definition) is 8. The Morgan fingerprint density at radius 3 is 2.43 bits per heavy atom. The fourth-order valence-electron chi connectivity index (χ4n) is 2.45. The summed E-state index contributed by atoms with van der Waals surface area (Å²) in [5.41, 5.74) is 1.78. The second-order valence-corrected chi connectivity index (χ2v) is 8.88. The van der Waals surface area contributed by atoms with Crippen molar-refractivity contribution in [1.82, 2.24) is 10.2 Å². The zero-order valence-corrected chi connectivity index (χ0v) is 17.7. The van der Waals surface area contributed by atoms with Crippen LogP contribution in [-0.2, 0) is 14.8 Å². The Bertz CT molecular complexity index is 1170. The number of benzene rings is 2. The molecule has 11 heteroatoms. The fraction of sp³-hybridized carbons (Fsp3) is 0.158. The number of aryl methyl sites for hydroxylation is 1. The number of carbonyl (C=O) groups is 2. The molecule has 2 aromatic carbocycles. The summed E-state index contributed by atoms with van der Waals surface area (Å²) in [5.74, 6) is -0.902. The van der Waals surface area contributed by atoms with Gasteiger partial charge in [0, 0.05) is 11.3 Å². The van der Waals surface area contributed by atoms with Crippen molar-refractivity contribution < 1.29 is 22.7 Å². The first-order valence-corrected chi connectivity index (χ1v) is 11.1. The predicted octanol–water partition coefficient (Wildman–Crippen LogP) is 3.08. The van der Waals surface area contributed by atoms with Crippen LogP contribution in [0.5, 0.6) is 0 Å². The number of ether oxygens (including phenoxy) is 1. The molecule has 3 aromatic rings. The van der Waals surface area contributed by atoms with Gasteiger partial charge < -0.3 is 4.74 Å². The molecule has 1 heterocycles. The Balaban J connectivity index is 1.70. The highest BCUT2D eigenvalue weighted by Gasteiger charge is 2.22. The van der Waals surface area contributed by atoms with Gasteiger partial charge in [0.1, 0.15) is 0 Å². The van der Waals surface area contributed by atoms with Crippen LogP contribution >= 0.6 is 11.3 Å². The molecular formula is C19H18N4O5S2. The molecule has 9 nitrogen and oxygen atoms in total. The van der Waals surface area contributed by atoms with E-state index in [-0.39, 0.29) is 21.8 Å². The van der Waals surface area contributed by atoms with E-state index >= 15 is 0 Å². The number of carbonyl (C=O) groups excluding carboxylic acids is 2. The normalized spacial score (nSPS) is 11.0. The van der Waals surface area contributed by atoms with Gasteiger partial charge in [-0.25, -0.2) is 4.79 Å². The predicted molar refractivity (Wildman–Crippen MR) is 112 cm³/mol. The van der Waals surface area contributed by atoms with Crippen molar-refractivity contribution in [3.8, 4) is 0 Å². The van der Waals surface area contributed by atoms with E-state index in [1.165, 1.54) is 24.3 Å². The number of hydrogen-bond donors (Lipinski definition) is 2. The van der Waals surface area contributed by atoms with E-state index in [4.69, 9.17) is 4.74 Å². The smallest absolute Gasteiger partial charge is 0.338 e. The average molecular weight is 447 g/mol. The van der Waals surface area contributed by atoms with Crippen LogP contribution < -0.4 is 10.0 Å². The third kappa shape index (κ3) is 4.99. The lowest BCUT2D eigenvalue weighted by molar-refractivity contribution is 0.0526. The van der Waals surface area contributed by atoms with Gasteiger partial charge in [-0.05, 0) is 49.7 Å². The van der Waals surface area contributed by atoms with E-state index in [0.717, 1.165) is 16.9 Å². The third-order valence-electron chi connectivity index (χ3n) is 3.89. The Morgan fingerprint density at radius 2 is 1.77 bits per heavy atom. The minimum atomic E-state index is -4.02. The van der Waals surface area contributed by atoms with Crippen molar-refractivity contribution in [1.29, 1.82) is 0 Å². The zero-order valence-electron chi connectivity index (χ0n) is 16.1. The number of aromatic nitrogens is 2. The Hall–Kier alpha value is -3.31. The number of nitrogens with one attached hydrogen (secondary N) is 2. The zero-order chi connectivity index (χ0) is 21.7. The van der Waals surface area contributed by atoms with E-state index in [1.807, 2.05) is 6.07 Å². The number of amides is 1. The van der Waals surface area contributed by atoms with Gasteiger partial charge in [0.2, 0.25) is 5.13 Å². The summed E-state index contributed by atoms with van der Waals surface area (Å²) in [5, 5.41) is 9.99. The quantitative estimate of drug-likeness (QED) is 0.422. The molecule has 0 saturated carbocycles. The number of rotatable bonds is 7. The first-order chi connectivity index (χ1) is 14.3. The van der Waals surface area contributed by atoms with Gasteiger partial charge in [-0.2, -0.15) is 8.42 Å². The monoisotopic (exact) mass is 446 g/mol. The van der Waals surface area contributed by atoms with Gasteiger partial charge in [0.25, 0.3) is 20.3 Å². The molecule has 30 heavy (non-hydrogen) atoms. The highest BCUT2D eigenvalue weighted by molar-refractivity contribution is 7.94. The van der Waals surface area contributed by atoms with Crippen LogP contribution in [0.25, 0.3) is 0 Å². The van der Waals surface area contributed by atoms with Crippen LogP contribution in [0, 0.1) is 6.92 Å². The first-order valence-electron chi connectivity index (χ1n) is 8.80. The summed E-state index contributed by atoms with van der Waals surface area (Å²) in [4.78, 5) is 24.0. The molecule has 0 radical (unpaired) electrons. The minimum Gasteiger partial charge on any atom is -0.462 e. The summed E-state index contributed by atoms with van der Waals surface area (Å²) in [6, 6.07) is 12.8. The van der Waals surface area contributed by atoms with Crippen molar-refractivity contribution in [2.24, 2.45) is 0 Å². The molecule has 1 aromatic heterocycles. The molecule has 0 fully saturated rings. The number of esters is 1. The molecule has 1 amide bonds. The molecule has 0 unspecified atom stereocenters. The van der Waals surface area contributed by atoms with Crippen LogP contribution in [0.2, 0.25) is 0 Å². The van der Waals surface area contributed by atoms with Crippen molar-refractivity contribution in [3.05, 3.63) is 65.2 Å². The lowest BCUT2D eigenvalue weighted by Crippen LogP contribution is -2.13. The van der Waals surface area contributed by atoms with Crippen LogP contribution in [0.1, 0.15) is 33.2 Å². The maximum Gasteiger partial charge on any atom is 0.338 e. The van der Waals surface area contributed by atoms with E-state index < -0.39 is 21.9 Å². The van der Waals surface area contributed by atoms with Crippen LogP contribution in [0.4, 0.5) is 10.8 Å². The highest BCUT2D eigenvalue weighted by atomic mass is 32.2. The van der Waals surface area contributed by atoms with Crippen molar-refractivity contribution in [2.45, 2.75) is 18.2 Å². The summed E-state index contributed by atoms with van der Waals surface area (Å²) >= 11 is 0.724. The topological polar surface area (TPSA) is 127 Å². The minimum absolute atomic E-state index is 0.0567. The second kappa shape index (κ2) is 9.01. The van der Waals surface area contributed by atoms with Gasteiger partial charge in [-0.1, -0.05) is 29.5 Å². The number of anilines is 2. The molecule has 0 bridgehead atoms. The second-order valence-electron chi connectivity index (χ2n) is 6.05. The maximum absolute atomic E-state index is 12.5. The average Bonchev–Trinajstić information content (AvgIpc) is 3.18. The molecule has 0 saturated heterocycles. The largest absolute Gasteiger partial charge is 0.462 e. The van der Waals surface area contributed by atoms with E-state index in [2.05, 4.69) is 20.2 Å². The fourth-order valence-corrected chi connectivity index (χ4v) is 4.40. The summed E-state index contributed by atoms with van der Waals surface area (Å²) in [7, 11) is -4.02. The molecule has 0 aliphatic rings. The van der Waals surface area contributed by atoms with Crippen molar-refractivity contribution in [2.75, 3.05) is 16.6 Å². The molecule has 156 valence electrons. The lowest BCUT2D eigenvalue weighted by atomic mass is 10.1. The van der Waals surface area contributed by atoms with E-state index in [1.54, 1.807) is 32.0 Å². The summed E-state index contributed by atoms with van der Waals surface area (Å²) in [6.45, 7) is 3.73. The first kappa shape index (κ1) is 21.4. The van der Waals surface area contributed by atoms with Crippen LogP contribution in [-0.4, -0.2) is 37.1 Å². The van der Waals surface area contributed by atoms with E-state index in [9.17, 15) is 18.0 Å². The maximum atomic E-state index is 12.5. The van der Waals surface area contributed by atoms with Crippen molar-refractivity contribution in [3.63, 3.8) is 0 Å². The molecule has 0 aliphatic carbocycles. The number of sulfonamides is 1. The van der Waals surface area contributed by atoms with E-state index in [0.29, 0.717) is 11.1 Å². The highest BCUT2D eigenvalue weighted by Crippen LogP contribution is 2.23. The molecule has 0 aliphatic heterocycles. The number of nitrogens with zero attached hydrogens (tertiary/aromatic N) is 2. The van der Waals surface area contributed by atoms with Gasteiger partial charge in [-0.15, -0.1) is 10.2 Å². The van der Waals surface area contributed by atoms with Gasteiger partial charge in [0.15, 0.2) is 0 Å². The van der Waals surface area contributed by atoms with Gasteiger partial charge in [-0.3, -0.25) is 14.8 Å². The molecule has 2 N–H and O–H groups in total. The standard InChI is InChI=1S/C19H18N4O5S2/c1-3-28-17(25)13-8-10-14(11-9-13)23-30(26,27)19-22-21-18(29-19)20-16(24)15-7-5-4-6-12(15)2/h4-11,23H,3H2,1-2H3,(H,20,21,24). The van der Waals surface area contributed by atoms with Crippen LogP contribution in [0.15, 0.2) is 52.9 Å². The van der Waals surface area contributed by atoms with Crippen LogP contribution in [0.3, 0.4) is 0 Å². The molecule has 0 atom stereocenters. The van der Waals surface area contributed by atoms with Gasteiger partial charge in [0.05, 0.1) is 12.2 Å². The molecule has 3 rings (SSSR count). The molecular weight excluding hydrogens is 428 g/mol. The van der Waals surface area contributed by atoms with Gasteiger partial charge >= 0.3 is 5.97 Å². The summed E-state index contributed by atoms with van der Waals surface area (Å²) < 4.78 is 32.0. The Morgan fingerprint density at radius 1 is 1.07 bits per heavy atom. The Labute approximate surface area is 177 Å².